The molecule has 0 aliphatic rings. The van der Waals surface area contributed by atoms with E-state index in [4.69, 9.17) is 16.2 Å². The first-order valence-electron chi connectivity index (χ1n) is 6.05. The zero-order valence-corrected chi connectivity index (χ0v) is 10.3. The van der Waals surface area contributed by atoms with Crippen molar-refractivity contribution in [1.82, 2.24) is 0 Å². The Kier molecular flexibility index (Phi) is 2.72. The van der Waals surface area contributed by atoms with E-state index >= 15 is 0 Å². The van der Waals surface area contributed by atoms with Gasteiger partial charge in [0.15, 0.2) is 5.75 Å². The van der Waals surface area contributed by atoms with Crippen LogP contribution in [-0.4, -0.2) is 0 Å². The lowest BCUT2D eigenvalue weighted by Crippen LogP contribution is -1.97. The number of anilines is 2. The van der Waals surface area contributed by atoms with E-state index in [0.29, 0.717) is 17.1 Å². The molecule has 4 N–H and O–H groups in total. The zero-order valence-electron chi connectivity index (χ0n) is 10.3. The Morgan fingerprint density at radius 1 is 0.684 bits per heavy atom. The molecule has 0 heterocycles. The molecule has 0 fully saturated rings. The van der Waals surface area contributed by atoms with Gasteiger partial charge >= 0.3 is 0 Å². The van der Waals surface area contributed by atoms with Crippen LogP contribution in [0.3, 0.4) is 0 Å². The van der Waals surface area contributed by atoms with Crippen LogP contribution in [0.25, 0.3) is 10.8 Å². The first-order valence-corrected chi connectivity index (χ1v) is 6.05. The molecule has 3 aromatic carbocycles. The number of ether oxygens (including phenoxy) is 1. The van der Waals surface area contributed by atoms with Crippen molar-refractivity contribution in [2.24, 2.45) is 0 Å². The molecule has 0 radical (unpaired) electrons. The van der Waals surface area contributed by atoms with Gasteiger partial charge in [0.1, 0.15) is 5.75 Å². The molecule has 3 nitrogen and oxygen atoms in total. The molecule has 0 aromatic heterocycles. The quantitative estimate of drug-likeness (QED) is 0.680. The molecule has 0 aliphatic carbocycles. The van der Waals surface area contributed by atoms with Crippen molar-refractivity contribution in [2.75, 3.05) is 11.5 Å². The first-order chi connectivity index (χ1) is 9.25. The number of rotatable bonds is 2. The number of nitrogens with two attached hydrogens (primary N) is 2. The average molecular weight is 250 g/mol. The van der Waals surface area contributed by atoms with Crippen LogP contribution in [0.15, 0.2) is 60.7 Å². The summed E-state index contributed by atoms with van der Waals surface area (Å²) in [6.45, 7) is 0. The minimum absolute atomic E-state index is 0.513. The highest BCUT2D eigenvalue weighted by Crippen LogP contribution is 2.36. The summed E-state index contributed by atoms with van der Waals surface area (Å²) in [5.74, 6) is 1.27. The maximum absolute atomic E-state index is 5.91. The highest BCUT2D eigenvalue weighted by Gasteiger charge is 2.08. The van der Waals surface area contributed by atoms with E-state index in [1.54, 1.807) is 18.2 Å². The molecular weight excluding hydrogens is 236 g/mol. The van der Waals surface area contributed by atoms with Gasteiger partial charge in [-0.2, -0.15) is 0 Å². The number of benzene rings is 3. The van der Waals surface area contributed by atoms with Crippen LogP contribution in [0, 0.1) is 0 Å². The summed E-state index contributed by atoms with van der Waals surface area (Å²) in [6, 6.07) is 19.3. The van der Waals surface area contributed by atoms with Crippen molar-refractivity contribution in [3.8, 4) is 11.5 Å². The van der Waals surface area contributed by atoms with Crippen molar-refractivity contribution < 1.29 is 4.74 Å². The SMILES string of the molecule is Nc1cccc(N)c1Oc1cccc2ccccc12. The standard InChI is InChI=1S/C16H14N2O/c17-13-8-4-9-14(18)16(13)19-15-10-3-6-11-5-1-2-7-12(11)15/h1-10H,17-18H2. The van der Waals surface area contributed by atoms with Gasteiger partial charge < -0.3 is 16.2 Å². The Labute approximate surface area is 111 Å². The van der Waals surface area contributed by atoms with Crippen molar-refractivity contribution in [3.05, 3.63) is 60.7 Å². The molecular formula is C16H14N2O. The Hall–Kier alpha value is -2.68. The molecule has 0 bridgehead atoms. The van der Waals surface area contributed by atoms with Crippen LogP contribution in [0.5, 0.6) is 11.5 Å². The lowest BCUT2D eigenvalue weighted by Gasteiger charge is -2.12. The van der Waals surface area contributed by atoms with Gasteiger partial charge in [0.25, 0.3) is 0 Å². The van der Waals surface area contributed by atoms with Crippen LogP contribution in [0.4, 0.5) is 11.4 Å². The molecule has 0 amide bonds. The lowest BCUT2D eigenvalue weighted by atomic mass is 10.1. The molecule has 0 unspecified atom stereocenters. The summed E-state index contributed by atoms with van der Waals surface area (Å²) in [5, 5.41) is 2.15. The van der Waals surface area contributed by atoms with Gasteiger partial charge in [-0.3, -0.25) is 0 Å². The van der Waals surface area contributed by atoms with E-state index in [2.05, 4.69) is 0 Å². The van der Waals surface area contributed by atoms with E-state index in [9.17, 15) is 0 Å². The zero-order chi connectivity index (χ0) is 13.2. The molecule has 3 aromatic rings. The Morgan fingerprint density at radius 2 is 1.32 bits per heavy atom. The van der Waals surface area contributed by atoms with Crippen molar-refractivity contribution >= 4 is 22.1 Å². The summed E-state index contributed by atoms with van der Waals surface area (Å²) < 4.78 is 5.90. The molecule has 0 atom stereocenters. The fourth-order valence-electron chi connectivity index (χ4n) is 2.09. The number of fused-ring (bicyclic) bond motifs is 1. The molecule has 3 rings (SSSR count). The van der Waals surface area contributed by atoms with Gasteiger partial charge in [-0.15, -0.1) is 0 Å². The Morgan fingerprint density at radius 3 is 2.11 bits per heavy atom. The molecule has 0 spiro atoms. The topological polar surface area (TPSA) is 61.3 Å². The largest absolute Gasteiger partial charge is 0.452 e. The second kappa shape index (κ2) is 4.53. The Bertz CT molecular complexity index is 712. The van der Waals surface area contributed by atoms with E-state index in [-0.39, 0.29) is 0 Å². The third-order valence-corrected chi connectivity index (χ3v) is 3.04. The highest BCUT2D eigenvalue weighted by molar-refractivity contribution is 5.88. The van der Waals surface area contributed by atoms with Gasteiger partial charge in [-0.05, 0) is 23.6 Å². The van der Waals surface area contributed by atoms with Gasteiger partial charge in [-0.1, -0.05) is 42.5 Å². The van der Waals surface area contributed by atoms with Gasteiger partial charge in [0, 0.05) is 5.39 Å². The fourth-order valence-corrected chi connectivity index (χ4v) is 2.09. The fraction of sp³-hybridized carbons (Fsp3) is 0. The minimum Gasteiger partial charge on any atom is -0.452 e. The molecule has 0 saturated carbocycles. The monoisotopic (exact) mass is 250 g/mol. The normalized spacial score (nSPS) is 10.5. The van der Waals surface area contributed by atoms with E-state index in [0.717, 1.165) is 16.5 Å². The smallest absolute Gasteiger partial charge is 0.173 e. The van der Waals surface area contributed by atoms with Crippen molar-refractivity contribution in [3.63, 3.8) is 0 Å². The summed E-state index contributed by atoms with van der Waals surface area (Å²) in [6.07, 6.45) is 0. The van der Waals surface area contributed by atoms with Crippen LogP contribution in [0.2, 0.25) is 0 Å². The van der Waals surface area contributed by atoms with E-state index in [1.807, 2.05) is 42.5 Å². The predicted octanol–water partition coefficient (Wildman–Crippen LogP) is 3.80. The number of hydrogen-bond donors (Lipinski definition) is 2. The van der Waals surface area contributed by atoms with Gasteiger partial charge in [0.2, 0.25) is 0 Å². The second-order valence-corrected chi connectivity index (χ2v) is 4.34. The maximum Gasteiger partial charge on any atom is 0.173 e. The van der Waals surface area contributed by atoms with E-state index < -0.39 is 0 Å². The van der Waals surface area contributed by atoms with Crippen molar-refractivity contribution in [2.45, 2.75) is 0 Å². The van der Waals surface area contributed by atoms with E-state index in [1.165, 1.54) is 0 Å². The summed E-state index contributed by atoms with van der Waals surface area (Å²) in [4.78, 5) is 0. The second-order valence-electron chi connectivity index (χ2n) is 4.34. The third-order valence-electron chi connectivity index (χ3n) is 3.04. The van der Waals surface area contributed by atoms with Gasteiger partial charge in [0.05, 0.1) is 11.4 Å². The molecule has 3 heteroatoms. The number of para-hydroxylation sites is 1. The van der Waals surface area contributed by atoms with Crippen LogP contribution >= 0.6 is 0 Å². The molecule has 0 aliphatic heterocycles. The summed E-state index contributed by atoms with van der Waals surface area (Å²) in [7, 11) is 0. The first kappa shape index (κ1) is 11.4. The van der Waals surface area contributed by atoms with Crippen LogP contribution in [-0.2, 0) is 0 Å². The molecule has 0 saturated heterocycles. The maximum atomic E-state index is 5.91. The number of nitrogen functional groups attached to an aromatic ring is 2. The average Bonchev–Trinajstić information content (AvgIpc) is 2.43. The molecule has 94 valence electrons. The van der Waals surface area contributed by atoms with Crippen LogP contribution in [0.1, 0.15) is 0 Å². The third kappa shape index (κ3) is 2.06. The summed E-state index contributed by atoms with van der Waals surface area (Å²) in [5.41, 5.74) is 12.9. The van der Waals surface area contributed by atoms with Crippen molar-refractivity contribution in [1.29, 1.82) is 0 Å². The lowest BCUT2D eigenvalue weighted by molar-refractivity contribution is 0.493. The minimum atomic E-state index is 0.513. The van der Waals surface area contributed by atoms with Gasteiger partial charge in [-0.25, -0.2) is 0 Å². The predicted molar refractivity (Wildman–Crippen MR) is 79.3 cm³/mol. The Balaban J connectivity index is 2.11. The number of hydrogen-bond acceptors (Lipinski definition) is 3. The molecule has 19 heavy (non-hydrogen) atoms. The van der Waals surface area contributed by atoms with Crippen LogP contribution < -0.4 is 16.2 Å². The summed E-state index contributed by atoms with van der Waals surface area (Å²) >= 11 is 0. The highest BCUT2D eigenvalue weighted by atomic mass is 16.5.